The molecule has 0 aromatic heterocycles. The van der Waals surface area contributed by atoms with Crippen molar-refractivity contribution in [2.45, 2.75) is 64.6 Å². The molecule has 0 bridgehead atoms. The van der Waals surface area contributed by atoms with Crippen molar-refractivity contribution in [3.63, 3.8) is 0 Å². The van der Waals surface area contributed by atoms with Crippen molar-refractivity contribution >= 4 is 36.4 Å². The number of hydrogen-bond donors (Lipinski definition) is 3. The zero-order valence-electron chi connectivity index (χ0n) is 15.9. The minimum absolute atomic E-state index is 0.0458. The number of Topliss-reactive ketones (excluding diaryl/α,β-unsaturated/α-hetero) is 1. The molecule has 2 N–H and O–H groups in total. The second kappa shape index (κ2) is 8.28. The van der Waals surface area contributed by atoms with Crippen molar-refractivity contribution in [3.8, 4) is 0 Å². The first-order valence-corrected chi connectivity index (χ1v) is 9.19. The fourth-order valence-electron chi connectivity index (χ4n) is 2.97. The third-order valence-corrected chi connectivity index (χ3v) is 4.78. The molecule has 0 radical (unpaired) electrons. The second-order valence-corrected chi connectivity index (χ2v) is 7.94. The average Bonchev–Trinajstić information content (AvgIpc) is 2.96. The number of thiol groups is 1. The molecule has 26 heavy (non-hydrogen) atoms. The molecule has 3 atom stereocenters. The van der Waals surface area contributed by atoms with Crippen molar-refractivity contribution in [3.05, 3.63) is 0 Å². The monoisotopic (exact) mass is 388 g/mol. The number of rotatable bonds is 6. The molecule has 1 fully saturated rings. The van der Waals surface area contributed by atoms with E-state index in [2.05, 4.69) is 17.9 Å². The quantitative estimate of drug-likeness (QED) is 0.469. The standard InChI is InChI=1S/C17H28N2O6S/c1-10(9-26)12(20)17(14(22)23)7-6-8-19(17)13(21)11(2)18-15(24)25-16(3,4)5/h10-11,26H,6-9H2,1-5H3,(H,18,24)(H,22,23)/t10?,11?,17-/m0/s1. The lowest BCUT2D eigenvalue weighted by Crippen LogP contribution is -2.63. The molecule has 2 amide bonds. The summed E-state index contributed by atoms with van der Waals surface area (Å²) in [5.74, 6) is -2.96. The summed E-state index contributed by atoms with van der Waals surface area (Å²) in [6.07, 6.45) is -0.347. The van der Waals surface area contributed by atoms with Gasteiger partial charge in [-0.3, -0.25) is 9.59 Å². The molecule has 0 aliphatic carbocycles. The highest BCUT2D eigenvalue weighted by Crippen LogP contribution is 2.34. The van der Waals surface area contributed by atoms with Crippen LogP contribution in [-0.2, 0) is 19.1 Å². The Morgan fingerprint density at radius 2 is 1.85 bits per heavy atom. The Kier molecular flexibility index (Phi) is 7.09. The summed E-state index contributed by atoms with van der Waals surface area (Å²) in [7, 11) is 0. The summed E-state index contributed by atoms with van der Waals surface area (Å²) in [6.45, 7) is 8.22. The van der Waals surface area contributed by atoms with Crippen molar-refractivity contribution in [1.29, 1.82) is 0 Å². The van der Waals surface area contributed by atoms with Crippen LogP contribution in [0.1, 0.15) is 47.5 Å². The number of carboxylic acids is 1. The number of amides is 2. The predicted octanol–water partition coefficient (Wildman–Crippen LogP) is 1.48. The van der Waals surface area contributed by atoms with Crippen LogP contribution in [0.3, 0.4) is 0 Å². The van der Waals surface area contributed by atoms with Gasteiger partial charge in [-0.05, 0) is 46.3 Å². The van der Waals surface area contributed by atoms with Gasteiger partial charge in [-0.25, -0.2) is 9.59 Å². The molecule has 1 heterocycles. The van der Waals surface area contributed by atoms with Crippen LogP contribution in [0.2, 0.25) is 0 Å². The molecule has 0 spiro atoms. The number of ketones is 1. The van der Waals surface area contributed by atoms with Gasteiger partial charge in [0.25, 0.3) is 0 Å². The van der Waals surface area contributed by atoms with Gasteiger partial charge < -0.3 is 20.1 Å². The summed E-state index contributed by atoms with van der Waals surface area (Å²) in [4.78, 5) is 50.5. The second-order valence-electron chi connectivity index (χ2n) is 7.57. The molecule has 1 aliphatic rings. The summed E-state index contributed by atoms with van der Waals surface area (Å²) in [5.41, 5.74) is -2.65. The maximum Gasteiger partial charge on any atom is 0.408 e. The van der Waals surface area contributed by atoms with Crippen molar-refractivity contribution in [2.24, 2.45) is 5.92 Å². The Balaban J connectivity index is 3.03. The van der Waals surface area contributed by atoms with E-state index in [1.807, 2.05) is 0 Å². The first kappa shape index (κ1) is 22.3. The van der Waals surface area contributed by atoms with Gasteiger partial charge in [0.15, 0.2) is 11.3 Å². The van der Waals surface area contributed by atoms with Gasteiger partial charge in [-0.1, -0.05) is 6.92 Å². The van der Waals surface area contributed by atoms with Crippen LogP contribution in [-0.4, -0.2) is 63.2 Å². The van der Waals surface area contributed by atoms with E-state index >= 15 is 0 Å². The molecular formula is C17H28N2O6S. The smallest absolute Gasteiger partial charge is 0.408 e. The molecule has 2 unspecified atom stereocenters. The van der Waals surface area contributed by atoms with Crippen LogP contribution in [0, 0.1) is 5.92 Å². The number of carbonyl (C=O) groups is 4. The Morgan fingerprint density at radius 1 is 1.27 bits per heavy atom. The first-order valence-electron chi connectivity index (χ1n) is 8.56. The van der Waals surface area contributed by atoms with Crippen LogP contribution in [0.4, 0.5) is 4.79 Å². The highest BCUT2D eigenvalue weighted by molar-refractivity contribution is 7.80. The minimum atomic E-state index is -1.91. The molecular weight excluding hydrogens is 360 g/mol. The van der Waals surface area contributed by atoms with E-state index in [0.717, 1.165) is 4.90 Å². The summed E-state index contributed by atoms with van der Waals surface area (Å²) in [6, 6.07) is -1.03. The van der Waals surface area contributed by atoms with Crippen molar-refractivity contribution in [1.82, 2.24) is 10.2 Å². The fourth-order valence-corrected chi connectivity index (χ4v) is 3.14. The molecule has 0 saturated carbocycles. The van der Waals surface area contributed by atoms with Gasteiger partial charge in [0.05, 0.1) is 0 Å². The largest absolute Gasteiger partial charge is 0.479 e. The van der Waals surface area contributed by atoms with Crippen molar-refractivity contribution < 1.29 is 29.0 Å². The van der Waals surface area contributed by atoms with Crippen LogP contribution >= 0.6 is 12.6 Å². The molecule has 0 aromatic carbocycles. The molecule has 8 nitrogen and oxygen atoms in total. The lowest BCUT2D eigenvalue weighted by Gasteiger charge is -2.36. The van der Waals surface area contributed by atoms with Gasteiger partial charge in [-0.15, -0.1) is 0 Å². The Hall–Kier alpha value is -1.77. The number of carbonyl (C=O) groups excluding carboxylic acids is 3. The van der Waals surface area contributed by atoms with Gasteiger partial charge in [0.1, 0.15) is 11.6 Å². The number of ether oxygens (including phenoxy) is 1. The third-order valence-electron chi connectivity index (χ3n) is 4.23. The third kappa shape index (κ3) is 4.69. The molecule has 1 saturated heterocycles. The number of likely N-dealkylation sites (tertiary alicyclic amines) is 1. The van der Waals surface area contributed by atoms with Crippen LogP contribution in [0.15, 0.2) is 0 Å². The van der Waals surface area contributed by atoms with E-state index in [9.17, 15) is 24.3 Å². The molecule has 1 aliphatic heterocycles. The number of aliphatic carboxylic acids is 1. The van der Waals surface area contributed by atoms with E-state index < -0.39 is 46.9 Å². The zero-order valence-corrected chi connectivity index (χ0v) is 16.8. The van der Waals surface area contributed by atoms with Gasteiger partial charge in [0, 0.05) is 12.5 Å². The summed E-state index contributed by atoms with van der Waals surface area (Å²) >= 11 is 4.07. The van der Waals surface area contributed by atoms with Gasteiger partial charge in [-0.2, -0.15) is 12.6 Å². The fraction of sp³-hybridized carbons (Fsp3) is 0.765. The van der Waals surface area contributed by atoms with Gasteiger partial charge >= 0.3 is 12.1 Å². The van der Waals surface area contributed by atoms with Crippen LogP contribution in [0.5, 0.6) is 0 Å². The van der Waals surface area contributed by atoms with E-state index in [1.54, 1.807) is 27.7 Å². The summed E-state index contributed by atoms with van der Waals surface area (Å²) in [5, 5.41) is 12.2. The normalized spacial score (nSPS) is 22.5. The van der Waals surface area contributed by atoms with E-state index in [-0.39, 0.29) is 18.7 Å². The molecule has 1 rings (SSSR count). The van der Waals surface area contributed by atoms with Crippen LogP contribution in [0.25, 0.3) is 0 Å². The topological polar surface area (TPSA) is 113 Å². The zero-order chi connectivity index (χ0) is 20.3. The molecule has 148 valence electrons. The van der Waals surface area contributed by atoms with E-state index in [1.165, 1.54) is 6.92 Å². The number of nitrogens with one attached hydrogen (secondary N) is 1. The Labute approximate surface area is 159 Å². The first-order chi connectivity index (χ1) is 11.9. The van der Waals surface area contributed by atoms with Gasteiger partial charge in [0.2, 0.25) is 5.91 Å². The lowest BCUT2D eigenvalue weighted by molar-refractivity contribution is -0.163. The Morgan fingerprint density at radius 3 is 2.31 bits per heavy atom. The van der Waals surface area contributed by atoms with E-state index in [0.29, 0.717) is 6.42 Å². The highest BCUT2D eigenvalue weighted by Gasteiger charge is 2.57. The predicted molar refractivity (Wildman–Crippen MR) is 98.2 cm³/mol. The number of nitrogens with zero attached hydrogens (tertiary/aromatic N) is 1. The number of alkyl carbamates (subject to hydrolysis) is 1. The van der Waals surface area contributed by atoms with Crippen LogP contribution < -0.4 is 5.32 Å². The number of hydrogen-bond acceptors (Lipinski definition) is 6. The SMILES string of the molecule is CC(CS)C(=O)[C@]1(C(=O)O)CCCN1C(=O)C(C)NC(=O)OC(C)(C)C. The number of carboxylic acid groups (broad SMARTS) is 1. The molecule has 9 heteroatoms. The highest BCUT2D eigenvalue weighted by atomic mass is 32.1. The average molecular weight is 388 g/mol. The maximum atomic E-state index is 12.8. The van der Waals surface area contributed by atoms with Crippen molar-refractivity contribution in [2.75, 3.05) is 12.3 Å². The maximum absolute atomic E-state index is 12.8. The lowest BCUT2D eigenvalue weighted by atomic mass is 9.84. The molecule has 0 aromatic rings. The summed E-state index contributed by atoms with van der Waals surface area (Å²) < 4.78 is 5.11. The Bertz CT molecular complexity index is 588. The minimum Gasteiger partial charge on any atom is -0.479 e. The van der Waals surface area contributed by atoms with E-state index in [4.69, 9.17) is 4.74 Å².